The molecule has 2 amide bonds. The van der Waals surface area contributed by atoms with Gasteiger partial charge in [0.15, 0.2) is 5.58 Å². The lowest BCUT2D eigenvalue weighted by Crippen LogP contribution is -2.44. The normalized spacial score (nSPS) is 12.8. The molecule has 1 heterocycles. The molecule has 2 aromatic carbocycles. The molecule has 0 aliphatic carbocycles. The number of aryl methyl sites for hydroxylation is 1. The van der Waals surface area contributed by atoms with E-state index in [1.165, 1.54) is 4.57 Å². The fourth-order valence-corrected chi connectivity index (χ4v) is 3.80. The van der Waals surface area contributed by atoms with Crippen molar-refractivity contribution in [3.8, 4) is 17.2 Å². The molecule has 1 aromatic heterocycles. The van der Waals surface area contributed by atoms with Gasteiger partial charge in [0.25, 0.3) is 0 Å². The molecule has 0 fully saturated rings. The van der Waals surface area contributed by atoms with Crippen molar-refractivity contribution in [3.05, 3.63) is 71.2 Å². The molecule has 3 aromatic rings. The van der Waals surface area contributed by atoms with Crippen LogP contribution in [0.25, 0.3) is 22.2 Å². The Kier molecular flexibility index (Phi) is 8.56. The molecular formula is C28H32N4O5. The van der Waals surface area contributed by atoms with Crippen molar-refractivity contribution >= 4 is 23.1 Å². The molecule has 0 bridgehead atoms. The van der Waals surface area contributed by atoms with Crippen LogP contribution in [0.5, 0.6) is 0 Å². The van der Waals surface area contributed by atoms with E-state index in [1.807, 2.05) is 36.4 Å². The molecule has 0 spiro atoms. The predicted molar refractivity (Wildman–Crippen MR) is 141 cm³/mol. The van der Waals surface area contributed by atoms with Gasteiger partial charge in [0.05, 0.1) is 17.5 Å². The molecule has 0 saturated carbocycles. The Labute approximate surface area is 215 Å². The fourth-order valence-electron chi connectivity index (χ4n) is 3.80. The molecule has 1 unspecified atom stereocenters. The Morgan fingerprint density at radius 2 is 1.86 bits per heavy atom. The number of nitrogens with one attached hydrogen (secondary N) is 2. The minimum absolute atomic E-state index is 0.0617. The van der Waals surface area contributed by atoms with E-state index in [9.17, 15) is 19.6 Å². The third kappa shape index (κ3) is 7.34. The van der Waals surface area contributed by atoms with Crippen LogP contribution in [0.15, 0.2) is 64.3 Å². The SMILES string of the molecule is C=CCC(CNC(=O)OC(C)(C)C)C(=O)N[C@H](C#N)Cc1ccc(-c2ccc3oc(=O)n(C)c3c2)cc1. The van der Waals surface area contributed by atoms with Gasteiger partial charge in [0.2, 0.25) is 5.91 Å². The summed E-state index contributed by atoms with van der Waals surface area (Å²) in [5.41, 5.74) is 3.32. The first-order valence-electron chi connectivity index (χ1n) is 12.0. The van der Waals surface area contributed by atoms with Crippen molar-refractivity contribution < 1.29 is 18.7 Å². The molecule has 2 atom stereocenters. The molecule has 2 N–H and O–H groups in total. The van der Waals surface area contributed by atoms with Gasteiger partial charge in [-0.1, -0.05) is 36.4 Å². The van der Waals surface area contributed by atoms with Crippen molar-refractivity contribution in [2.75, 3.05) is 6.54 Å². The number of oxazole rings is 1. The summed E-state index contributed by atoms with van der Waals surface area (Å²) in [4.78, 5) is 36.5. The van der Waals surface area contributed by atoms with E-state index in [2.05, 4.69) is 23.3 Å². The van der Waals surface area contributed by atoms with Crippen LogP contribution in [0.2, 0.25) is 0 Å². The minimum atomic E-state index is -0.746. The van der Waals surface area contributed by atoms with Gasteiger partial charge in [0.1, 0.15) is 11.6 Å². The molecule has 0 radical (unpaired) electrons. The molecular weight excluding hydrogens is 472 g/mol. The zero-order valence-electron chi connectivity index (χ0n) is 21.5. The standard InChI is InChI=1S/C28H32N4O5/c1-6-7-21(17-30-26(34)37-28(2,3)4)25(33)31-22(16-29)14-18-8-10-19(11-9-18)20-12-13-24-23(15-20)32(5)27(35)36-24/h6,8-13,15,21-22H,1,7,14,17H2,2-5H3,(H,30,34)(H,31,33)/t21?,22-/m0/s1. The lowest BCUT2D eigenvalue weighted by atomic mass is 9.99. The summed E-state index contributed by atoms with van der Waals surface area (Å²) in [6, 6.07) is 14.6. The molecule has 0 saturated heterocycles. The first-order chi connectivity index (χ1) is 17.5. The number of carbonyl (C=O) groups is 2. The number of allylic oxidation sites excluding steroid dienone is 1. The van der Waals surface area contributed by atoms with Gasteiger partial charge in [-0.15, -0.1) is 6.58 Å². The smallest absolute Gasteiger partial charge is 0.419 e. The number of amides is 2. The molecule has 194 valence electrons. The van der Waals surface area contributed by atoms with Crippen LogP contribution < -0.4 is 16.4 Å². The molecule has 9 heteroatoms. The maximum Gasteiger partial charge on any atom is 0.419 e. The van der Waals surface area contributed by atoms with Crippen LogP contribution >= 0.6 is 0 Å². The van der Waals surface area contributed by atoms with Gasteiger partial charge in [-0.3, -0.25) is 9.36 Å². The van der Waals surface area contributed by atoms with Crippen molar-refractivity contribution in [2.24, 2.45) is 13.0 Å². The predicted octanol–water partition coefficient (Wildman–Crippen LogP) is 4.07. The first-order valence-corrected chi connectivity index (χ1v) is 12.0. The average Bonchev–Trinajstić information content (AvgIpc) is 3.13. The number of benzene rings is 2. The van der Waals surface area contributed by atoms with Crippen LogP contribution in [-0.4, -0.2) is 34.8 Å². The number of fused-ring (bicyclic) bond motifs is 1. The lowest BCUT2D eigenvalue weighted by Gasteiger charge is -2.22. The number of carbonyl (C=O) groups excluding carboxylic acids is 2. The Hall–Kier alpha value is -4.32. The maximum atomic E-state index is 12.8. The summed E-state index contributed by atoms with van der Waals surface area (Å²) >= 11 is 0. The summed E-state index contributed by atoms with van der Waals surface area (Å²) in [7, 11) is 1.66. The number of nitriles is 1. The number of hydrogen-bond acceptors (Lipinski definition) is 6. The van der Waals surface area contributed by atoms with Crippen LogP contribution in [-0.2, 0) is 23.0 Å². The lowest BCUT2D eigenvalue weighted by molar-refractivity contribution is -0.125. The van der Waals surface area contributed by atoms with Gasteiger partial charge >= 0.3 is 11.8 Å². The van der Waals surface area contributed by atoms with Crippen molar-refractivity contribution in [3.63, 3.8) is 0 Å². The number of rotatable bonds is 9. The highest BCUT2D eigenvalue weighted by Gasteiger charge is 2.23. The Morgan fingerprint density at radius 1 is 1.19 bits per heavy atom. The van der Waals surface area contributed by atoms with Gasteiger partial charge in [0, 0.05) is 20.0 Å². The second-order valence-electron chi connectivity index (χ2n) is 9.80. The van der Waals surface area contributed by atoms with E-state index >= 15 is 0 Å². The fraction of sp³-hybridized carbons (Fsp3) is 0.357. The Morgan fingerprint density at radius 3 is 2.49 bits per heavy atom. The second-order valence-corrected chi connectivity index (χ2v) is 9.80. The van der Waals surface area contributed by atoms with E-state index < -0.39 is 29.4 Å². The summed E-state index contributed by atoms with van der Waals surface area (Å²) < 4.78 is 11.9. The molecule has 9 nitrogen and oxygen atoms in total. The zero-order valence-corrected chi connectivity index (χ0v) is 21.5. The molecule has 37 heavy (non-hydrogen) atoms. The van der Waals surface area contributed by atoms with Crippen LogP contribution in [0.3, 0.4) is 0 Å². The van der Waals surface area contributed by atoms with Crippen LogP contribution in [0.4, 0.5) is 4.79 Å². The Bertz CT molecular complexity index is 1370. The van der Waals surface area contributed by atoms with Gasteiger partial charge in [-0.05, 0) is 56.0 Å². The van der Waals surface area contributed by atoms with E-state index in [-0.39, 0.29) is 12.5 Å². The average molecular weight is 505 g/mol. The van der Waals surface area contributed by atoms with Crippen LogP contribution in [0, 0.1) is 17.2 Å². The van der Waals surface area contributed by atoms with E-state index in [4.69, 9.17) is 9.15 Å². The highest BCUT2D eigenvalue weighted by Crippen LogP contribution is 2.24. The summed E-state index contributed by atoms with van der Waals surface area (Å²) in [5, 5.41) is 15.0. The number of hydrogen-bond donors (Lipinski definition) is 2. The summed E-state index contributed by atoms with van der Waals surface area (Å²) in [5.74, 6) is -1.35. The summed E-state index contributed by atoms with van der Waals surface area (Å²) in [6.45, 7) is 9.01. The highest BCUT2D eigenvalue weighted by molar-refractivity contribution is 5.81. The van der Waals surface area contributed by atoms with E-state index in [0.717, 1.165) is 16.7 Å². The topological polar surface area (TPSA) is 126 Å². The largest absolute Gasteiger partial charge is 0.444 e. The Balaban J connectivity index is 1.63. The number of aromatic nitrogens is 1. The van der Waals surface area contributed by atoms with Gasteiger partial charge in [-0.2, -0.15) is 5.26 Å². The van der Waals surface area contributed by atoms with Crippen molar-refractivity contribution in [1.29, 1.82) is 5.26 Å². The molecule has 0 aliphatic heterocycles. The zero-order chi connectivity index (χ0) is 27.2. The summed E-state index contributed by atoms with van der Waals surface area (Å²) in [6.07, 6.45) is 1.64. The quantitative estimate of drug-likeness (QED) is 0.423. The highest BCUT2D eigenvalue weighted by atomic mass is 16.6. The third-order valence-electron chi connectivity index (χ3n) is 5.70. The van der Waals surface area contributed by atoms with Crippen molar-refractivity contribution in [1.82, 2.24) is 15.2 Å². The number of alkyl carbamates (subject to hydrolysis) is 1. The second kappa shape index (κ2) is 11.6. The monoisotopic (exact) mass is 504 g/mol. The first kappa shape index (κ1) is 27.3. The van der Waals surface area contributed by atoms with E-state index in [0.29, 0.717) is 23.9 Å². The minimum Gasteiger partial charge on any atom is -0.444 e. The van der Waals surface area contributed by atoms with E-state index in [1.54, 1.807) is 40.0 Å². The van der Waals surface area contributed by atoms with Crippen molar-refractivity contribution in [2.45, 2.75) is 45.3 Å². The van der Waals surface area contributed by atoms with Gasteiger partial charge in [-0.25, -0.2) is 9.59 Å². The molecule has 3 rings (SSSR count). The number of ether oxygens (including phenoxy) is 1. The third-order valence-corrected chi connectivity index (χ3v) is 5.70. The maximum absolute atomic E-state index is 12.8. The number of nitrogens with zero attached hydrogens (tertiary/aromatic N) is 2. The van der Waals surface area contributed by atoms with Crippen LogP contribution in [0.1, 0.15) is 32.8 Å². The van der Waals surface area contributed by atoms with Gasteiger partial charge < -0.3 is 19.8 Å². The molecule has 0 aliphatic rings.